The van der Waals surface area contributed by atoms with Crippen LogP contribution in [0.15, 0.2) is 23.3 Å². The van der Waals surface area contributed by atoms with Gasteiger partial charge in [-0.2, -0.15) is 13.2 Å². The number of pyridine rings is 1. The smallest absolute Gasteiger partial charge is 0.376 e. The number of fused-ring (bicyclic) bond motifs is 1. The Bertz CT molecular complexity index is 1210. The molecule has 8 nitrogen and oxygen atoms in total. The van der Waals surface area contributed by atoms with Crippen LogP contribution in [0.5, 0.6) is 0 Å². The van der Waals surface area contributed by atoms with Crippen molar-refractivity contribution in [2.75, 3.05) is 33.4 Å². The van der Waals surface area contributed by atoms with Gasteiger partial charge in [0, 0.05) is 38.1 Å². The quantitative estimate of drug-likeness (QED) is 0.590. The number of ether oxygens (including phenoxy) is 1. The highest BCUT2D eigenvalue weighted by Gasteiger charge is 2.45. The number of morpholine rings is 1. The molecule has 38 heavy (non-hydrogen) atoms. The van der Waals surface area contributed by atoms with Gasteiger partial charge in [-0.3, -0.25) is 18.8 Å². The Balaban J connectivity index is 1.31. The number of hydrazine groups is 1. The molecule has 0 radical (unpaired) electrons. The van der Waals surface area contributed by atoms with Crippen LogP contribution in [0.4, 0.5) is 13.2 Å². The molecule has 2 aliphatic carbocycles. The molecular weight excluding hydrogens is 497 g/mol. The number of nitrogens with zero attached hydrogens (tertiary/aromatic N) is 4. The van der Waals surface area contributed by atoms with Crippen molar-refractivity contribution in [3.63, 3.8) is 0 Å². The summed E-state index contributed by atoms with van der Waals surface area (Å²) in [4.78, 5) is 18.0. The lowest BCUT2D eigenvalue weighted by molar-refractivity contribution is -0.136. The lowest BCUT2D eigenvalue weighted by Crippen LogP contribution is -2.46. The van der Waals surface area contributed by atoms with E-state index in [-0.39, 0.29) is 29.5 Å². The van der Waals surface area contributed by atoms with Crippen molar-refractivity contribution in [2.24, 2.45) is 17.8 Å². The summed E-state index contributed by atoms with van der Waals surface area (Å²) in [5, 5.41) is 0. The summed E-state index contributed by atoms with van der Waals surface area (Å²) in [7, 11) is 2.12. The van der Waals surface area contributed by atoms with E-state index in [4.69, 9.17) is 4.74 Å². The Morgan fingerprint density at radius 1 is 1.16 bits per heavy atom. The van der Waals surface area contributed by atoms with E-state index in [1.54, 1.807) is 10.8 Å². The number of rotatable bonds is 6. The summed E-state index contributed by atoms with van der Waals surface area (Å²) >= 11 is 0. The van der Waals surface area contributed by atoms with Gasteiger partial charge in [-0.05, 0) is 75.5 Å². The first-order chi connectivity index (χ1) is 18.2. The normalized spacial score (nSPS) is 30.8. The first kappa shape index (κ1) is 26.3. The second kappa shape index (κ2) is 10.2. The van der Waals surface area contributed by atoms with Crippen molar-refractivity contribution in [3.05, 3.63) is 40.1 Å². The molecule has 11 heteroatoms. The molecule has 2 aromatic heterocycles. The molecule has 2 N–H and O–H groups in total. The molecule has 2 saturated heterocycles. The van der Waals surface area contributed by atoms with E-state index in [0.29, 0.717) is 49.6 Å². The van der Waals surface area contributed by atoms with E-state index >= 15 is 0 Å². The third-order valence-electron chi connectivity index (χ3n) is 9.09. The maximum Gasteiger partial charge on any atom is 0.418 e. The summed E-state index contributed by atoms with van der Waals surface area (Å²) in [5.74, 6) is 1.57. The van der Waals surface area contributed by atoms with E-state index in [9.17, 15) is 18.0 Å². The molecule has 2 aromatic rings. The Morgan fingerprint density at radius 2 is 1.97 bits per heavy atom. The fourth-order valence-corrected chi connectivity index (χ4v) is 7.19. The summed E-state index contributed by atoms with van der Waals surface area (Å²) in [6.07, 6.45) is 4.99. The van der Waals surface area contributed by atoms with Crippen LogP contribution in [0.3, 0.4) is 0 Å². The predicted molar refractivity (Wildman–Crippen MR) is 137 cm³/mol. The standard InChI is InChI=1S/C27H39F3N6O2/c1-17-12-34(8-9-38-17)13-18-10-22(27(28,29)30)23-15-35(26(37)36(23)14-18)21-5-3-4-20(11-21)24(19-6-7-19)25-32-31-16-33(25)2/h10,14-15,17,19-21,24-25,31-32H,3-9,11-13,16H2,1-2H3/t17-,20?,21?,24-,25?/m1/s1. The van der Waals surface area contributed by atoms with Gasteiger partial charge in [-0.1, -0.05) is 6.42 Å². The highest BCUT2D eigenvalue weighted by atomic mass is 19.4. The minimum atomic E-state index is -4.55. The van der Waals surface area contributed by atoms with Crippen molar-refractivity contribution in [1.29, 1.82) is 0 Å². The van der Waals surface area contributed by atoms with Gasteiger partial charge in [0.25, 0.3) is 0 Å². The lowest BCUT2D eigenvalue weighted by Gasteiger charge is -2.39. The average molecular weight is 537 g/mol. The fourth-order valence-electron chi connectivity index (χ4n) is 7.19. The highest BCUT2D eigenvalue weighted by molar-refractivity contribution is 5.56. The molecule has 0 aromatic carbocycles. The zero-order valence-electron chi connectivity index (χ0n) is 22.2. The van der Waals surface area contributed by atoms with Crippen LogP contribution >= 0.6 is 0 Å². The van der Waals surface area contributed by atoms with Crippen LogP contribution in [0, 0.1) is 17.8 Å². The summed E-state index contributed by atoms with van der Waals surface area (Å²) in [6.45, 7) is 4.98. The molecule has 2 saturated carbocycles. The Kier molecular flexibility index (Phi) is 7.09. The number of alkyl halides is 3. The SMILES string of the molecule is C[C@@H]1CN(Cc2cc(C(F)(F)F)c3cn(C4CCCC([C@@H](C5CC5)C5NNCN5C)C4)c(=O)n3c2)CCO1. The molecule has 3 unspecified atom stereocenters. The average Bonchev–Trinajstić information content (AvgIpc) is 3.53. The van der Waals surface area contributed by atoms with E-state index in [1.165, 1.54) is 29.5 Å². The second-order valence-electron chi connectivity index (χ2n) is 11.9. The Morgan fingerprint density at radius 3 is 2.66 bits per heavy atom. The third kappa shape index (κ3) is 5.15. The molecular formula is C27H39F3N6O2. The predicted octanol–water partition coefficient (Wildman–Crippen LogP) is 3.42. The van der Waals surface area contributed by atoms with Crippen LogP contribution in [0.2, 0.25) is 0 Å². The van der Waals surface area contributed by atoms with Crippen LogP contribution in [-0.2, 0) is 17.5 Å². The molecule has 5 atom stereocenters. The van der Waals surface area contributed by atoms with E-state index in [2.05, 4.69) is 27.7 Å². The molecule has 0 bridgehead atoms. The number of halogens is 3. The number of imidazole rings is 1. The zero-order valence-corrected chi connectivity index (χ0v) is 22.2. The first-order valence-electron chi connectivity index (χ1n) is 14.0. The molecule has 4 fully saturated rings. The number of hydrogen-bond acceptors (Lipinski definition) is 6. The van der Waals surface area contributed by atoms with E-state index in [0.717, 1.165) is 32.4 Å². The van der Waals surface area contributed by atoms with Gasteiger partial charge >= 0.3 is 11.9 Å². The lowest BCUT2D eigenvalue weighted by atomic mass is 9.74. The van der Waals surface area contributed by atoms with Crippen LogP contribution in [0.25, 0.3) is 5.52 Å². The summed E-state index contributed by atoms with van der Waals surface area (Å²) < 4.78 is 51.1. The molecule has 0 spiro atoms. The van der Waals surface area contributed by atoms with E-state index in [1.807, 2.05) is 6.92 Å². The number of hydrogen-bond donors (Lipinski definition) is 2. The largest absolute Gasteiger partial charge is 0.418 e. The summed E-state index contributed by atoms with van der Waals surface area (Å²) in [6, 6.07) is 1.13. The molecule has 210 valence electrons. The fraction of sp³-hybridized carbons (Fsp3) is 0.741. The maximum absolute atomic E-state index is 14.2. The zero-order chi connectivity index (χ0) is 26.6. The minimum Gasteiger partial charge on any atom is -0.376 e. The van der Waals surface area contributed by atoms with E-state index < -0.39 is 11.7 Å². The van der Waals surface area contributed by atoms with Gasteiger partial charge in [-0.25, -0.2) is 15.6 Å². The van der Waals surface area contributed by atoms with Crippen LogP contribution in [-0.4, -0.2) is 64.5 Å². The van der Waals surface area contributed by atoms with Crippen molar-refractivity contribution in [3.8, 4) is 0 Å². The van der Waals surface area contributed by atoms with Crippen LogP contribution < -0.4 is 16.5 Å². The molecule has 0 amide bonds. The van der Waals surface area contributed by atoms with Crippen molar-refractivity contribution in [2.45, 2.75) is 76.5 Å². The molecule has 4 aliphatic rings. The van der Waals surface area contributed by atoms with Crippen LogP contribution in [0.1, 0.15) is 62.6 Å². The molecule has 6 rings (SSSR count). The van der Waals surface area contributed by atoms with Crippen molar-refractivity contribution in [1.82, 2.24) is 29.6 Å². The second-order valence-corrected chi connectivity index (χ2v) is 11.9. The monoisotopic (exact) mass is 536 g/mol. The number of aromatic nitrogens is 2. The number of nitrogens with one attached hydrogen (secondary N) is 2. The Hall–Kier alpha value is -1.92. The summed E-state index contributed by atoms with van der Waals surface area (Å²) in [5.41, 5.74) is 6.04. The Labute approximate surface area is 221 Å². The third-order valence-corrected chi connectivity index (χ3v) is 9.09. The topological polar surface area (TPSA) is 66.2 Å². The van der Waals surface area contributed by atoms with Crippen molar-refractivity contribution < 1.29 is 17.9 Å². The van der Waals surface area contributed by atoms with Gasteiger partial charge in [0.2, 0.25) is 0 Å². The maximum atomic E-state index is 14.2. The van der Waals surface area contributed by atoms with Crippen molar-refractivity contribution >= 4 is 5.52 Å². The van der Waals surface area contributed by atoms with Gasteiger partial charge in [0.1, 0.15) is 0 Å². The van der Waals surface area contributed by atoms with Gasteiger partial charge in [-0.15, -0.1) is 0 Å². The molecule has 4 heterocycles. The first-order valence-corrected chi connectivity index (χ1v) is 14.0. The van der Waals surface area contributed by atoms with Gasteiger partial charge in [0.15, 0.2) is 0 Å². The minimum absolute atomic E-state index is 0.0343. The molecule has 2 aliphatic heterocycles. The van der Waals surface area contributed by atoms with Gasteiger partial charge < -0.3 is 4.74 Å². The van der Waals surface area contributed by atoms with Gasteiger partial charge in [0.05, 0.1) is 36.6 Å². The highest BCUT2D eigenvalue weighted by Crippen LogP contribution is 2.49.